The summed E-state index contributed by atoms with van der Waals surface area (Å²) in [6.45, 7) is 4.08. The molecule has 2 N–H and O–H groups in total. The molecule has 0 unspecified atom stereocenters. The Kier molecular flexibility index (Phi) is 3.48. The fourth-order valence-corrected chi connectivity index (χ4v) is 4.62. The van der Waals surface area contributed by atoms with E-state index in [4.69, 9.17) is 9.47 Å². The molecule has 24 heavy (non-hydrogen) atoms. The lowest BCUT2D eigenvalue weighted by atomic mass is 9.64. The summed E-state index contributed by atoms with van der Waals surface area (Å²) in [5, 5.41) is 13.3. The molecule has 1 saturated carbocycles. The fraction of sp³-hybridized carbons (Fsp3) is 0.526. The lowest BCUT2D eigenvalue weighted by Crippen LogP contribution is -2.66. The molecule has 5 nitrogen and oxygen atoms in total. The number of carbonyl (C=O) groups excluding carboxylic acids is 1. The van der Waals surface area contributed by atoms with E-state index in [1.807, 2.05) is 25.1 Å². The van der Waals surface area contributed by atoms with Crippen LogP contribution in [0.1, 0.15) is 51.0 Å². The van der Waals surface area contributed by atoms with Crippen LogP contribution < -0.4 is 14.8 Å². The zero-order valence-electron chi connectivity index (χ0n) is 14.1. The molecule has 1 aliphatic carbocycles. The van der Waals surface area contributed by atoms with Crippen LogP contribution in [0.2, 0.25) is 0 Å². The van der Waals surface area contributed by atoms with Crippen LogP contribution in [-0.2, 0) is 4.79 Å². The first-order valence-corrected chi connectivity index (χ1v) is 8.74. The van der Waals surface area contributed by atoms with Gasteiger partial charge >= 0.3 is 0 Å². The van der Waals surface area contributed by atoms with Crippen molar-refractivity contribution in [1.82, 2.24) is 5.32 Å². The molecule has 1 aromatic carbocycles. The summed E-state index contributed by atoms with van der Waals surface area (Å²) >= 11 is 0. The van der Waals surface area contributed by atoms with Crippen molar-refractivity contribution in [3.8, 4) is 11.5 Å². The monoisotopic (exact) mass is 329 g/mol. The molecule has 1 saturated heterocycles. The lowest BCUT2D eigenvalue weighted by Gasteiger charge is -2.54. The van der Waals surface area contributed by atoms with Crippen molar-refractivity contribution < 1.29 is 19.4 Å². The van der Waals surface area contributed by atoms with E-state index < -0.39 is 5.72 Å². The number of ether oxygens (including phenoxy) is 2. The molecule has 128 valence electrons. The average Bonchev–Trinajstić information content (AvgIpc) is 2.54. The van der Waals surface area contributed by atoms with E-state index in [9.17, 15) is 9.90 Å². The highest BCUT2D eigenvalue weighted by Crippen LogP contribution is 2.57. The number of carbonyl (C=O) groups is 1. The Morgan fingerprint density at radius 1 is 1.46 bits per heavy atom. The second-order valence-electron chi connectivity index (χ2n) is 6.88. The van der Waals surface area contributed by atoms with Crippen molar-refractivity contribution in [3.05, 3.63) is 35.1 Å². The molecule has 1 aromatic rings. The van der Waals surface area contributed by atoms with Crippen LogP contribution in [0.3, 0.4) is 0 Å². The van der Waals surface area contributed by atoms with E-state index in [-0.39, 0.29) is 23.5 Å². The highest BCUT2D eigenvalue weighted by atomic mass is 16.5. The van der Waals surface area contributed by atoms with Crippen LogP contribution in [0.15, 0.2) is 29.5 Å². The van der Waals surface area contributed by atoms with Gasteiger partial charge in [0.15, 0.2) is 17.2 Å². The van der Waals surface area contributed by atoms with Crippen molar-refractivity contribution in [2.75, 3.05) is 6.61 Å². The third kappa shape index (κ3) is 2.03. The number of hydrogen-bond acceptors (Lipinski definition) is 4. The first-order chi connectivity index (χ1) is 11.6. The maximum atomic E-state index is 12.7. The number of hydrogen-bond donors (Lipinski definition) is 2. The van der Waals surface area contributed by atoms with Crippen LogP contribution in [-0.4, -0.2) is 23.3 Å². The normalized spacial score (nSPS) is 32.8. The molecule has 2 aliphatic heterocycles. The summed E-state index contributed by atoms with van der Waals surface area (Å²) in [5.74, 6) is 1.28. The molecule has 3 aliphatic rings. The van der Waals surface area contributed by atoms with Crippen LogP contribution in [0.25, 0.3) is 0 Å². The lowest BCUT2D eigenvalue weighted by molar-refractivity contribution is -0.141. The number of rotatable bonds is 2. The highest BCUT2D eigenvalue weighted by Gasteiger charge is 2.58. The molecule has 2 heterocycles. The molecule has 0 radical (unpaired) electrons. The molecule has 0 spiro atoms. The molecule has 4 rings (SSSR count). The van der Waals surface area contributed by atoms with Crippen LogP contribution in [0, 0.1) is 5.92 Å². The number of fused-ring (bicyclic) bond motifs is 2. The summed E-state index contributed by atoms with van der Waals surface area (Å²) in [4.78, 5) is 12.7. The minimum Gasteiger partial charge on any atom is -0.512 e. The van der Waals surface area contributed by atoms with Crippen molar-refractivity contribution in [2.24, 2.45) is 5.92 Å². The molecule has 2 bridgehead atoms. The predicted molar refractivity (Wildman–Crippen MR) is 89.1 cm³/mol. The van der Waals surface area contributed by atoms with Gasteiger partial charge in [0.05, 0.1) is 17.9 Å². The molecule has 2 fully saturated rings. The van der Waals surface area contributed by atoms with Crippen molar-refractivity contribution in [3.63, 3.8) is 0 Å². The summed E-state index contributed by atoms with van der Waals surface area (Å²) < 4.78 is 12.2. The van der Waals surface area contributed by atoms with Crippen molar-refractivity contribution in [1.29, 1.82) is 0 Å². The number of benzene rings is 1. The standard InChI is InChI=1S/C19H23NO4/c1-3-23-14-9-6-7-12-16-13-8-4-5-10-19(13,24-17(12)14)20-18(22)15(16)11(2)21/h6-7,9,13,16,21H,3-5,8,10H2,1-2H3,(H,20,22)/b15-11-/t13-,16+,19+/m1/s1. The van der Waals surface area contributed by atoms with Gasteiger partial charge in [0, 0.05) is 23.8 Å². The summed E-state index contributed by atoms with van der Waals surface area (Å²) in [5.41, 5.74) is 0.733. The Hall–Kier alpha value is -2.17. The smallest absolute Gasteiger partial charge is 0.254 e. The Balaban J connectivity index is 1.95. The average molecular weight is 329 g/mol. The zero-order valence-corrected chi connectivity index (χ0v) is 14.1. The van der Waals surface area contributed by atoms with E-state index in [1.165, 1.54) is 0 Å². The van der Waals surface area contributed by atoms with E-state index in [0.29, 0.717) is 23.7 Å². The summed E-state index contributed by atoms with van der Waals surface area (Å²) in [7, 11) is 0. The maximum Gasteiger partial charge on any atom is 0.254 e. The van der Waals surface area contributed by atoms with Crippen molar-refractivity contribution >= 4 is 5.91 Å². The predicted octanol–water partition coefficient (Wildman–Crippen LogP) is 3.41. The Labute approximate surface area is 141 Å². The van der Waals surface area contributed by atoms with Gasteiger partial charge in [-0.2, -0.15) is 0 Å². The van der Waals surface area contributed by atoms with Crippen molar-refractivity contribution in [2.45, 2.75) is 51.2 Å². The van der Waals surface area contributed by atoms with Gasteiger partial charge in [0.1, 0.15) is 0 Å². The number of allylic oxidation sites excluding steroid dienone is 1. The zero-order chi connectivity index (χ0) is 16.9. The van der Waals surface area contributed by atoms with E-state index in [2.05, 4.69) is 5.32 Å². The van der Waals surface area contributed by atoms with Gasteiger partial charge in [-0.05, 0) is 32.8 Å². The second kappa shape index (κ2) is 5.43. The van der Waals surface area contributed by atoms with Crippen LogP contribution in [0.4, 0.5) is 0 Å². The summed E-state index contributed by atoms with van der Waals surface area (Å²) in [6.07, 6.45) is 3.89. The van der Waals surface area contributed by atoms with Crippen LogP contribution >= 0.6 is 0 Å². The highest BCUT2D eigenvalue weighted by molar-refractivity contribution is 5.97. The maximum absolute atomic E-state index is 12.7. The number of aliphatic hydroxyl groups excluding tert-OH is 1. The SMILES string of the molecule is CCOc1cccc2c1O[C@@]13CCCC[C@@H]1[C@H]2/C(=C(\C)O)C(=O)N3. The minimum atomic E-state index is -0.681. The fourth-order valence-electron chi connectivity index (χ4n) is 4.62. The third-order valence-corrected chi connectivity index (χ3v) is 5.51. The largest absolute Gasteiger partial charge is 0.512 e. The third-order valence-electron chi connectivity index (χ3n) is 5.51. The van der Waals surface area contributed by atoms with Gasteiger partial charge in [-0.1, -0.05) is 18.6 Å². The summed E-state index contributed by atoms with van der Waals surface area (Å²) in [6, 6.07) is 5.82. The Bertz CT molecular complexity index is 722. The molecular formula is C19H23NO4. The van der Waals surface area contributed by atoms with Gasteiger partial charge in [-0.25, -0.2) is 0 Å². The quantitative estimate of drug-likeness (QED) is 0.644. The number of aliphatic hydroxyl groups is 1. The van der Waals surface area contributed by atoms with Gasteiger partial charge in [-0.3, -0.25) is 4.79 Å². The number of piperidine rings is 1. The van der Waals surface area contributed by atoms with Gasteiger partial charge in [-0.15, -0.1) is 0 Å². The van der Waals surface area contributed by atoms with Gasteiger partial charge in [0.25, 0.3) is 5.91 Å². The van der Waals surface area contributed by atoms with E-state index >= 15 is 0 Å². The number of para-hydroxylation sites is 1. The molecule has 5 heteroatoms. The second-order valence-corrected chi connectivity index (χ2v) is 6.88. The Morgan fingerprint density at radius 3 is 3.04 bits per heavy atom. The molecular weight excluding hydrogens is 306 g/mol. The molecule has 0 aromatic heterocycles. The Morgan fingerprint density at radius 2 is 2.29 bits per heavy atom. The van der Waals surface area contributed by atoms with E-state index in [1.54, 1.807) is 6.92 Å². The van der Waals surface area contributed by atoms with Gasteiger partial charge < -0.3 is 19.9 Å². The van der Waals surface area contributed by atoms with Crippen LogP contribution in [0.5, 0.6) is 11.5 Å². The first-order valence-electron chi connectivity index (χ1n) is 8.74. The number of nitrogens with one attached hydrogen (secondary N) is 1. The molecule has 3 atom stereocenters. The number of amides is 1. The first kappa shape index (κ1) is 15.4. The topological polar surface area (TPSA) is 67.8 Å². The van der Waals surface area contributed by atoms with Gasteiger partial charge in [0.2, 0.25) is 0 Å². The van der Waals surface area contributed by atoms with E-state index in [0.717, 1.165) is 31.2 Å². The minimum absolute atomic E-state index is 0.0892. The molecule has 1 amide bonds.